The summed E-state index contributed by atoms with van der Waals surface area (Å²) in [5, 5.41) is 0. The lowest BCUT2D eigenvalue weighted by molar-refractivity contribution is -0.118. The third-order valence-corrected chi connectivity index (χ3v) is 3.46. The largest absolute Gasteiger partial charge is 0.493 e. The quantitative estimate of drug-likeness (QED) is 0.787. The van der Waals surface area contributed by atoms with Crippen molar-refractivity contribution in [3.63, 3.8) is 0 Å². The number of benzene rings is 2. The summed E-state index contributed by atoms with van der Waals surface area (Å²) in [6, 6.07) is 14.8. The van der Waals surface area contributed by atoms with Gasteiger partial charge in [0.25, 0.3) is 0 Å². The monoisotopic (exact) mass is 315 g/mol. The van der Waals surface area contributed by atoms with Crippen molar-refractivity contribution >= 4 is 11.6 Å². The number of carbonyl (C=O) groups is 1. The Kier molecular flexibility index (Phi) is 5.86. The highest BCUT2D eigenvalue weighted by atomic mass is 16.5. The minimum absolute atomic E-state index is 0.0341. The first-order valence-corrected chi connectivity index (χ1v) is 7.32. The van der Waals surface area contributed by atoms with Gasteiger partial charge in [0.15, 0.2) is 11.5 Å². The van der Waals surface area contributed by atoms with E-state index in [2.05, 4.69) is 0 Å². The second-order valence-electron chi connectivity index (χ2n) is 4.90. The van der Waals surface area contributed by atoms with Crippen molar-refractivity contribution in [2.24, 2.45) is 0 Å². The topological polar surface area (TPSA) is 48.0 Å². The number of hydrogen-bond acceptors (Lipinski definition) is 4. The van der Waals surface area contributed by atoms with Gasteiger partial charge in [-0.3, -0.25) is 4.79 Å². The maximum absolute atomic E-state index is 12.3. The van der Waals surface area contributed by atoms with Crippen LogP contribution in [0.5, 0.6) is 17.2 Å². The molecule has 2 aromatic carbocycles. The minimum Gasteiger partial charge on any atom is -0.493 e. The molecule has 122 valence electrons. The second kappa shape index (κ2) is 8.08. The van der Waals surface area contributed by atoms with Gasteiger partial charge in [0, 0.05) is 18.8 Å². The van der Waals surface area contributed by atoms with E-state index in [1.807, 2.05) is 36.4 Å². The average molecular weight is 315 g/mol. The standard InChI is InChI=1S/C18H21NO4/c1-19(14-9-10-16(21-2)17(13-14)22-3)18(20)11-12-23-15-7-5-4-6-8-15/h4-10,13H,11-12H2,1-3H3. The van der Waals surface area contributed by atoms with Crippen molar-refractivity contribution in [3.05, 3.63) is 48.5 Å². The number of carbonyl (C=O) groups excluding carboxylic acids is 1. The molecular weight excluding hydrogens is 294 g/mol. The smallest absolute Gasteiger partial charge is 0.230 e. The molecule has 0 heterocycles. The third kappa shape index (κ3) is 4.39. The van der Waals surface area contributed by atoms with Gasteiger partial charge in [0.05, 0.1) is 27.2 Å². The molecule has 0 atom stereocenters. The van der Waals surface area contributed by atoms with Gasteiger partial charge < -0.3 is 19.1 Å². The summed E-state index contributed by atoms with van der Waals surface area (Å²) in [4.78, 5) is 13.8. The highest BCUT2D eigenvalue weighted by Gasteiger charge is 2.13. The van der Waals surface area contributed by atoms with E-state index >= 15 is 0 Å². The summed E-state index contributed by atoms with van der Waals surface area (Å²) in [6.45, 7) is 0.334. The molecule has 0 saturated heterocycles. The van der Waals surface area contributed by atoms with Crippen LogP contribution < -0.4 is 19.1 Å². The van der Waals surface area contributed by atoms with Gasteiger partial charge in [-0.15, -0.1) is 0 Å². The van der Waals surface area contributed by atoms with Crippen molar-refractivity contribution in [1.82, 2.24) is 0 Å². The molecule has 1 amide bonds. The highest BCUT2D eigenvalue weighted by Crippen LogP contribution is 2.31. The van der Waals surface area contributed by atoms with Gasteiger partial charge in [-0.25, -0.2) is 0 Å². The molecule has 5 heteroatoms. The van der Waals surface area contributed by atoms with Crippen LogP contribution in [0.4, 0.5) is 5.69 Å². The molecule has 0 N–H and O–H groups in total. The lowest BCUT2D eigenvalue weighted by Gasteiger charge is -2.19. The summed E-state index contributed by atoms with van der Waals surface area (Å²) >= 11 is 0. The van der Waals surface area contributed by atoms with Crippen LogP contribution in [0.3, 0.4) is 0 Å². The summed E-state index contributed by atoms with van der Waals surface area (Å²) < 4.78 is 16.0. The first kappa shape index (κ1) is 16.7. The van der Waals surface area contributed by atoms with E-state index in [-0.39, 0.29) is 5.91 Å². The molecule has 2 aromatic rings. The lowest BCUT2D eigenvalue weighted by Crippen LogP contribution is -2.27. The molecule has 0 aliphatic carbocycles. The molecule has 0 unspecified atom stereocenters. The number of anilines is 1. The van der Waals surface area contributed by atoms with Crippen molar-refractivity contribution < 1.29 is 19.0 Å². The number of amides is 1. The van der Waals surface area contributed by atoms with Crippen molar-refractivity contribution in [3.8, 4) is 17.2 Å². The molecule has 0 aliphatic rings. The highest BCUT2D eigenvalue weighted by molar-refractivity contribution is 5.93. The van der Waals surface area contributed by atoms with Gasteiger partial charge >= 0.3 is 0 Å². The third-order valence-electron chi connectivity index (χ3n) is 3.46. The maximum Gasteiger partial charge on any atom is 0.230 e. The fourth-order valence-electron chi connectivity index (χ4n) is 2.12. The van der Waals surface area contributed by atoms with Gasteiger partial charge in [-0.1, -0.05) is 18.2 Å². The van der Waals surface area contributed by atoms with Gasteiger partial charge in [0.2, 0.25) is 5.91 Å². The van der Waals surface area contributed by atoms with Crippen molar-refractivity contribution in [2.75, 3.05) is 32.8 Å². The SMILES string of the molecule is COc1ccc(N(C)C(=O)CCOc2ccccc2)cc1OC. The summed E-state index contributed by atoms with van der Waals surface area (Å²) in [6.07, 6.45) is 0.291. The molecule has 0 saturated carbocycles. The Bertz CT molecular complexity index is 643. The molecule has 0 radical (unpaired) electrons. The molecule has 0 spiro atoms. The van der Waals surface area contributed by atoms with E-state index in [0.717, 1.165) is 11.4 Å². The Hall–Kier alpha value is -2.69. The Balaban J connectivity index is 1.94. The van der Waals surface area contributed by atoms with Gasteiger partial charge in [-0.2, -0.15) is 0 Å². The molecule has 0 aromatic heterocycles. The van der Waals surface area contributed by atoms with E-state index in [0.29, 0.717) is 24.5 Å². The van der Waals surface area contributed by atoms with E-state index in [1.54, 1.807) is 38.3 Å². The molecule has 23 heavy (non-hydrogen) atoms. The van der Waals surface area contributed by atoms with Crippen LogP contribution in [-0.4, -0.2) is 33.8 Å². The number of nitrogens with zero attached hydrogens (tertiary/aromatic N) is 1. The Morgan fingerprint density at radius 3 is 2.35 bits per heavy atom. The molecule has 0 bridgehead atoms. The zero-order valence-corrected chi connectivity index (χ0v) is 13.6. The zero-order valence-electron chi connectivity index (χ0n) is 13.6. The normalized spacial score (nSPS) is 10.0. The molecule has 0 aliphatic heterocycles. The Morgan fingerprint density at radius 1 is 1.00 bits per heavy atom. The summed E-state index contributed by atoms with van der Waals surface area (Å²) in [5.74, 6) is 1.94. The Labute approximate surface area is 136 Å². The number of para-hydroxylation sites is 1. The molecule has 5 nitrogen and oxygen atoms in total. The molecule has 0 fully saturated rings. The van der Waals surface area contributed by atoms with Crippen LogP contribution in [0.2, 0.25) is 0 Å². The zero-order chi connectivity index (χ0) is 16.7. The number of ether oxygens (including phenoxy) is 3. The predicted molar refractivity (Wildman–Crippen MR) is 89.5 cm³/mol. The predicted octanol–water partition coefficient (Wildman–Crippen LogP) is 3.14. The minimum atomic E-state index is -0.0341. The van der Waals surface area contributed by atoms with E-state index < -0.39 is 0 Å². The fourth-order valence-corrected chi connectivity index (χ4v) is 2.12. The first-order chi connectivity index (χ1) is 11.2. The maximum atomic E-state index is 12.3. The number of hydrogen-bond donors (Lipinski definition) is 0. The van der Waals surface area contributed by atoms with E-state index in [4.69, 9.17) is 14.2 Å². The first-order valence-electron chi connectivity index (χ1n) is 7.32. The van der Waals surface area contributed by atoms with Crippen LogP contribution in [0.25, 0.3) is 0 Å². The van der Waals surface area contributed by atoms with Crippen molar-refractivity contribution in [2.45, 2.75) is 6.42 Å². The summed E-state index contributed by atoms with van der Waals surface area (Å²) in [5.41, 5.74) is 0.743. The fraction of sp³-hybridized carbons (Fsp3) is 0.278. The number of methoxy groups -OCH3 is 2. The molecule has 2 rings (SSSR count). The number of rotatable bonds is 7. The van der Waals surface area contributed by atoms with Crippen LogP contribution in [0.1, 0.15) is 6.42 Å². The van der Waals surface area contributed by atoms with Crippen LogP contribution >= 0.6 is 0 Å². The summed E-state index contributed by atoms with van der Waals surface area (Å²) in [7, 11) is 4.87. The molecular formula is C18H21NO4. The Morgan fingerprint density at radius 2 is 1.70 bits per heavy atom. The second-order valence-corrected chi connectivity index (χ2v) is 4.90. The average Bonchev–Trinajstić information content (AvgIpc) is 2.61. The van der Waals surface area contributed by atoms with E-state index in [1.165, 1.54) is 0 Å². The lowest BCUT2D eigenvalue weighted by atomic mass is 10.2. The van der Waals surface area contributed by atoms with Crippen LogP contribution in [-0.2, 0) is 4.79 Å². The van der Waals surface area contributed by atoms with Crippen LogP contribution in [0.15, 0.2) is 48.5 Å². The van der Waals surface area contributed by atoms with E-state index in [9.17, 15) is 4.79 Å². The van der Waals surface area contributed by atoms with Gasteiger partial charge in [0.1, 0.15) is 5.75 Å². The van der Waals surface area contributed by atoms with Crippen LogP contribution in [0, 0.1) is 0 Å². The van der Waals surface area contributed by atoms with Crippen molar-refractivity contribution in [1.29, 1.82) is 0 Å². The van der Waals surface area contributed by atoms with Gasteiger partial charge in [-0.05, 0) is 24.3 Å².